The Labute approximate surface area is 265 Å². The molecule has 2 aliphatic carbocycles. The van der Waals surface area contributed by atoms with Crippen LogP contribution in [0.4, 0.5) is 11.5 Å². The Bertz CT molecular complexity index is 1640. The van der Waals surface area contributed by atoms with Crippen LogP contribution in [0.3, 0.4) is 0 Å². The van der Waals surface area contributed by atoms with Gasteiger partial charge in [-0.3, -0.25) is 4.79 Å². The first-order valence-electron chi connectivity index (χ1n) is 16.4. The molecule has 2 saturated carbocycles. The zero-order chi connectivity index (χ0) is 31.0. The Hall–Kier alpha value is -4.16. The van der Waals surface area contributed by atoms with Gasteiger partial charge in [0.2, 0.25) is 12.5 Å². The monoisotopic (exact) mass is 606 g/mol. The summed E-state index contributed by atoms with van der Waals surface area (Å²) >= 11 is 0. The van der Waals surface area contributed by atoms with Crippen LogP contribution in [0.25, 0.3) is 15.6 Å². The lowest BCUT2D eigenvalue weighted by Crippen LogP contribution is -2.56. The van der Waals surface area contributed by atoms with Crippen molar-refractivity contribution in [3.8, 4) is 6.01 Å². The van der Waals surface area contributed by atoms with Crippen molar-refractivity contribution in [3.05, 3.63) is 77.3 Å². The minimum Gasteiger partial charge on any atom is -0.461 e. The van der Waals surface area contributed by atoms with E-state index in [4.69, 9.17) is 26.0 Å². The summed E-state index contributed by atoms with van der Waals surface area (Å²) in [6, 6.07) is 13.1. The number of nitrogens with zero attached hydrogens (tertiary/aromatic N) is 6. The molecule has 3 aromatic rings. The Morgan fingerprint density at radius 1 is 1.11 bits per heavy atom. The number of piperazine rings is 1. The van der Waals surface area contributed by atoms with Crippen molar-refractivity contribution < 1.29 is 14.3 Å². The molecule has 0 radical (unpaired) electrons. The summed E-state index contributed by atoms with van der Waals surface area (Å²) in [7, 11) is 0. The van der Waals surface area contributed by atoms with Gasteiger partial charge in [-0.15, -0.1) is 0 Å². The van der Waals surface area contributed by atoms with Crippen LogP contribution in [0.5, 0.6) is 6.01 Å². The van der Waals surface area contributed by atoms with Crippen molar-refractivity contribution >= 4 is 28.2 Å². The van der Waals surface area contributed by atoms with Crippen molar-refractivity contribution in [1.82, 2.24) is 14.9 Å². The van der Waals surface area contributed by atoms with E-state index >= 15 is 0 Å². The number of benzene rings is 2. The minimum atomic E-state index is -0.231. The predicted molar refractivity (Wildman–Crippen MR) is 176 cm³/mol. The Morgan fingerprint density at radius 3 is 2.73 bits per heavy atom. The molecule has 3 fully saturated rings. The number of anilines is 2. The third-order valence-corrected chi connectivity index (χ3v) is 10.3. The number of rotatable bonds is 9. The number of carbonyl (C=O) groups is 1. The molecular formula is C36H42N6O3. The Balaban J connectivity index is 1.15. The lowest BCUT2D eigenvalue weighted by Gasteiger charge is -2.41. The molecule has 234 valence electrons. The summed E-state index contributed by atoms with van der Waals surface area (Å²) in [4.78, 5) is 32.6. The highest BCUT2D eigenvalue weighted by Gasteiger charge is 2.48. The van der Waals surface area contributed by atoms with Crippen LogP contribution in [0, 0.1) is 18.9 Å². The van der Waals surface area contributed by atoms with Gasteiger partial charge in [0.1, 0.15) is 18.5 Å². The standard InChI is InChI=1S/C36H42N6O3/c1-4-32(43)42-18-17-41(23-27(42)22-37-3)34-29-12-16-40(31-10-6-9-26-8-5-7-25(2)33(26)31)24-30(29)38-35(39-34)45-20-19-44-28-11-13-36(21-28)14-15-36/h4-10,27-28H,1,11-24H2,2H3/t27-,28?/m0/s1. The lowest BCUT2D eigenvalue weighted by atomic mass is 9.99. The van der Waals surface area contributed by atoms with Gasteiger partial charge in [-0.1, -0.05) is 36.9 Å². The first-order valence-corrected chi connectivity index (χ1v) is 16.4. The van der Waals surface area contributed by atoms with Crippen molar-refractivity contribution in [3.63, 3.8) is 0 Å². The van der Waals surface area contributed by atoms with Gasteiger partial charge < -0.3 is 29.0 Å². The molecule has 9 heteroatoms. The second-order valence-corrected chi connectivity index (χ2v) is 13.1. The maximum absolute atomic E-state index is 12.6. The number of hydrogen-bond donors (Lipinski definition) is 0. The molecule has 0 N–H and O–H groups in total. The van der Waals surface area contributed by atoms with Gasteiger partial charge in [0.05, 0.1) is 24.9 Å². The van der Waals surface area contributed by atoms with E-state index in [1.807, 2.05) is 0 Å². The average molecular weight is 607 g/mol. The van der Waals surface area contributed by atoms with E-state index in [0.717, 1.165) is 36.5 Å². The SMILES string of the molecule is [C-]#[N+]C[C@H]1CN(c2nc(OCCOC3CCC4(CC4)C3)nc3c2CCN(c2cccc4cccc(C)c24)C3)CCN1C(=O)C=C. The van der Waals surface area contributed by atoms with Crippen molar-refractivity contribution in [2.45, 2.75) is 64.1 Å². The van der Waals surface area contributed by atoms with Crippen LogP contribution in [-0.2, 0) is 22.5 Å². The topological polar surface area (TPSA) is 75.4 Å². The summed E-state index contributed by atoms with van der Waals surface area (Å²) in [5.41, 5.74) is 5.14. The van der Waals surface area contributed by atoms with E-state index < -0.39 is 0 Å². The molecular weight excluding hydrogens is 564 g/mol. The fourth-order valence-electron chi connectivity index (χ4n) is 7.68. The largest absolute Gasteiger partial charge is 0.461 e. The molecule has 45 heavy (non-hydrogen) atoms. The summed E-state index contributed by atoms with van der Waals surface area (Å²) in [6.45, 7) is 17.7. The summed E-state index contributed by atoms with van der Waals surface area (Å²) in [5, 5.41) is 2.51. The number of hydrogen-bond acceptors (Lipinski definition) is 7. The highest BCUT2D eigenvalue weighted by molar-refractivity contribution is 5.97. The van der Waals surface area contributed by atoms with E-state index in [1.54, 1.807) is 4.90 Å². The van der Waals surface area contributed by atoms with Crippen LogP contribution in [0.15, 0.2) is 49.1 Å². The van der Waals surface area contributed by atoms with Gasteiger partial charge >= 0.3 is 6.01 Å². The molecule has 1 unspecified atom stereocenters. The van der Waals surface area contributed by atoms with Crippen LogP contribution in [0.2, 0.25) is 0 Å². The number of fused-ring (bicyclic) bond motifs is 2. The highest BCUT2D eigenvalue weighted by atomic mass is 16.5. The summed E-state index contributed by atoms with van der Waals surface area (Å²) in [6.07, 6.45) is 8.81. The van der Waals surface area contributed by atoms with Crippen LogP contribution in [-0.4, -0.2) is 78.9 Å². The molecule has 0 bridgehead atoms. The quantitative estimate of drug-likeness (QED) is 0.185. The van der Waals surface area contributed by atoms with Gasteiger partial charge in [0, 0.05) is 42.8 Å². The van der Waals surface area contributed by atoms with E-state index in [-0.39, 0.29) is 18.5 Å². The molecule has 7 rings (SSSR count). The fourth-order valence-corrected chi connectivity index (χ4v) is 7.68. The molecule has 1 spiro atoms. The number of aromatic nitrogens is 2. The first kappa shape index (κ1) is 29.5. The van der Waals surface area contributed by atoms with E-state index in [0.29, 0.717) is 56.9 Å². The zero-order valence-corrected chi connectivity index (χ0v) is 26.2. The van der Waals surface area contributed by atoms with E-state index in [2.05, 4.69) is 64.5 Å². The molecule has 2 aromatic carbocycles. The van der Waals surface area contributed by atoms with Gasteiger partial charge in [-0.05, 0) is 74.0 Å². The summed E-state index contributed by atoms with van der Waals surface area (Å²) in [5.74, 6) is 0.727. The Morgan fingerprint density at radius 2 is 1.96 bits per heavy atom. The molecule has 1 amide bonds. The number of amides is 1. The molecule has 3 heterocycles. The summed E-state index contributed by atoms with van der Waals surface area (Å²) < 4.78 is 12.4. The molecule has 1 saturated heterocycles. The molecule has 2 atom stereocenters. The number of aryl methyl sites for hydroxylation is 1. The first-order chi connectivity index (χ1) is 22.0. The van der Waals surface area contributed by atoms with Crippen LogP contribution >= 0.6 is 0 Å². The minimum absolute atomic E-state index is 0.132. The van der Waals surface area contributed by atoms with Gasteiger partial charge in [0.15, 0.2) is 0 Å². The fraction of sp³-hybridized carbons (Fsp3) is 0.500. The third-order valence-electron chi connectivity index (χ3n) is 10.3. The van der Waals surface area contributed by atoms with Crippen molar-refractivity contribution in [1.29, 1.82) is 0 Å². The number of ether oxygens (including phenoxy) is 2. The van der Waals surface area contributed by atoms with Crippen LogP contribution < -0.4 is 14.5 Å². The third kappa shape index (κ3) is 5.96. The van der Waals surface area contributed by atoms with Crippen molar-refractivity contribution in [2.75, 3.05) is 55.7 Å². The number of carbonyl (C=O) groups excluding carboxylic acids is 1. The normalized spacial score (nSPS) is 21.9. The zero-order valence-electron chi connectivity index (χ0n) is 26.2. The Kier molecular flexibility index (Phi) is 8.09. The molecule has 1 aromatic heterocycles. The second-order valence-electron chi connectivity index (χ2n) is 13.1. The molecule has 4 aliphatic rings. The second kappa shape index (κ2) is 12.3. The van der Waals surface area contributed by atoms with Crippen molar-refractivity contribution in [2.24, 2.45) is 5.41 Å². The lowest BCUT2D eigenvalue weighted by molar-refractivity contribution is -0.128. The van der Waals surface area contributed by atoms with E-state index in [9.17, 15) is 4.79 Å². The smallest absolute Gasteiger partial charge is 0.318 e. The average Bonchev–Trinajstić information content (AvgIpc) is 3.71. The van der Waals surface area contributed by atoms with Gasteiger partial charge in [-0.2, -0.15) is 9.97 Å². The van der Waals surface area contributed by atoms with Gasteiger partial charge in [-0.25, -0.2) is 6.57 Å². The van der Waals surface area contributed by atoms with E-state index in [1.165, 1.54) is 53.8 Å². The molecule has 2 aliphatic heterocycles. The predicted octanol–water partition coefficient (Wildman–Crippen LogP) is 5.35. The maximum Gasteiger partial charge on any atom is 0.318 e. The molecule has 9 nitrogen and oxygen atoms in total. The maximum atomic E-state index is 12.6. The van der Waals surface area contributed by atoms with Crippen LogP contribution in [0.1, 0.15) is 48.9 Å². The highest BCUT2D eigenvalue weighted by Crippen LogP contribution is 2.58. The van der Waals surface area contributed by atoms with Gasteiger partial charge in [0.25, 0.3) is 0 Å².